The summed E-state index contributed by atoms with van der Waals surface area (Å²) in [6.07, 6.45) is 0.918. The smallest absolute Gasteiger partial charge is 0.185 e. The van der Waals surface area contributed by atoms with Crippen LogP contribution in [-0.2, 0) is 9.84 Å². The van der Waals surface area contributed by atoms with Gasteiger partial charge in [0.2, 0.25) is 0 Å². The highest BCUT2D eigenvalue weighted by atomic mass is 32.2. The molecular formula is C8H10FNO3S. The van der Waals surface area contributed by atoms with E-state index in [1.807, 2.05) is 0 Å². The lowest BCUT2D eigenvalue weighted by molar-refractivity contribution is 0.383. The fraction of sp³-hybridized carbons (Fsp3) is 0.250. The lowest BCUT2D eigenvalue weighted by Crippen LogP contribution is -2.04. The summed E-state index contributed by atoms with van der Waals surface area (Å²) in [5, 5.41) is 0. The minimum absolute atomic E-state index is 0.0670. The van der Waals surface area contributed by atoms with Crippen molar-refractivity contribution in [2.75, 3.05) is 19.1 Å². The molecule has 1 aromatic carbocycles. The van der Waals surface area contributed by atoms with Crippen molar-refractivity contribution in [2.24, 2.45) is 0 Å². The summed E-state index contributed by atoms with van der Waals surface area (Å²) >= 11 is 0. The highest BCUT2D eigenvalue weighted by Gasteiger charge is 2.19. The first kappa shape index (κ1) is 10.8. The van der Waals surface area contributed by atoms with Gasteiger partial charge in [-0.15, -0.1) is 0 Å². The molecule has 0 bridgehead atoms. The molecule has 0 aliphatic carbocycles. The summed E-state index contributed by atoms with van der Waals surface area (Å²) in [7, 11) is -2.37. The zero-order valence-corrected chi connectivity index (χ0v) is 8.56. The van der Waals surface area contributed by atoms with Gasteiger partial charge in [-0.2, -0.15) is 0 Å². The van der Waals surface area contributed by atoms with E-state index in [1.165, 1.54) is 13.2 Å². The van der Waals surface area contributed by atoms with Gasteiger partial charge < -0.3 is 10.5 Å². The van der Waals surface area contributed by atoms with Crippen LogP contribution in [0.25, 0.3) is 0 Å². The van der Waals surface area contributed by atoms with Crippen LogP contribution < -0.4 is 10.5 Å². The number of ether oxygens (including phenoxy) is 1. The van der Waals surface area contributed by atoms with Crippen LogP contribution >= 0.6 is 0 Å². The Morgan fingerprint density at radius 2 is 2.00 bits per heavy atom. The van der Waals surface area contributed by atoms with Gasteiger partial charge in [-0.3, -0.25) is 0 Å². The monoisotopic (exact) mass is 219 g/mol. The number of nitrogen functional groups attached to an aromatic ring is 1. The predicted molar refractivity (Wildman–Crippen MR) is 50.5 cm³/mol. The molecular weight excluding hydrogens is 209 g/mol. The molecule has 0 radical (unpaired) electrons. The first-order valence-electron chi connectivity index (χ1n) is 3.70. The van der Waals surface area contributed by atoms with Crippen molar-refractivity contribution < 1.29 is 17.5 Å². The van der Waals surface area contributed by atoms with E-state index in [1.54, 1.807) is 0 Å². The third kappa shape index (κ3) is 1.79. The number of nitrogens with two attached hydrogens (primary N) is 1. The minimum atomic E-state index is -3.59. The van der Waals surface area contributed by atoms with Gasteiger partial charge in [0, 0.05) is 6.26 Å². The second-order valence-electron chi connectivity index (χ2n) is 2.77. The quantitative estimate of drug-likeness (QED) is 0.747. The predicted octanol–water partition coefficient (Wildman–Crippen LogP) is 0.820. The van der Waals surface area contributed by atoms with E-state index < -0.39 is 20.5 Å². The fourth-order valence-electron chi connectivity index (χ4n) is 1.05. The van der Waals surface area contributed by atoms with Crippen molar-refractivity contribution in [3.05, 3.63) is 17.9 Å². The first-order chi connectivity index (χ1) is 6.38. The van der Waals surface area contributed by atoms with Crippen molar-refractivity contribution >= 4 is 15.5 Å². The van der Waals surface area contributed by atoms with E-state index in [2.05, 4.69) is 4.74 Å². The molecule has 78 valence electrons. The van der Waals surface area contributed by atoms with Gasteiger partial charge in [-0.25, -0.2) is 12.8 Å². The number of halogens is 1. The molecule has 0 saturated heterocycles. The van der Waals surface area contributed by atoms with Crippen LogP contribution in [0.3, 0.4) is 0 Å². The molecule has 2 N–H and O–H groups in total. The number of anilines is 1. The molecule has 0 aliphatic rings. The summed E-state index contributed by atoms with van der Waals surface area (Å²) < 4.78 is 40.3. The van der Waals surface area contributed by atoms with Gasteiger partial charge in [0.1, 0.15) is 4.90 Å². The lowest BCUT2D eigenvalue weighted by Gasteiger charge is -2.08. The van der Waals surface area contributed by atoms with Crippen LogP contribution in [-0.4, -0.2) is 21.8 Å². The van der Waals surface area contributed by atoms with Crippen LogP contribution in [0.1, 0.15) is 0 Å². The number of benzene rings is 1. The van der Waals surface area contributed by atoms with Gasteiger partial charge >= 0.3 is 0 Å². The maximum Gasteiger partial charge on any atom is 0.185 e. The summed E-state index contributed by atoms with van der Waals surface area (Å²) in [4.78, 5) is -0.413. The molecule has 1 aromatic rings. The molecule has 0 unspecified atom stereocenters. The van der Waals surface area contributed by atoms with Crippen LogP contribution in [0, 0.1) is 5.82 Å². The molecule has 0 amide bonds. The number of methoxy groups -OCH3 is 1. The Hall–Kier alpha value is -1.30. The van der Waals surface area contributed by atoms with Crippen molar-refractivity contribution in [3.63, 3.8) is 0 Å². The molecule has 0 spiro atoms. The summed E-state index contributed by atoms with van der Waals surface area (Å²) in [6, 6.07) is 2.40. The highest BCUT2D eigenvalue weighted by molar-refractivity contribution is 7.90. The molecule has 4 nitrogen and oxygen atoms in total. The third-order valence-electron chi connectivity index (χ3n) is 1.70. The lowest BCUT2D eigenvalue weighted by atomic mass is 10.3. The third-order valence-corrected chi connectivity index (χ3v) is 2.81. The molecule has 0 saturated carbocycles. The Balaban J connectivity index is 3.52. The largest absolute Gasteiger partial charge is 0.492 e. The average molecular weight is 219 g/mol. The molecule has 0 heterocycles. The average Bonchev–Trinajstić information content (AvgIpc) is 2.02. The van der Waals surface area contributed by atoms with Gasteiger partial charge in [0.25, 0.3) is 0 Å². The first-order valence-corrected chi connectivity index (χ1v) is 5.59. The Morgan fingerprint density at radius 1 is 1.43 bits per heavy atom. The summed E-state index contributed by atoms with van der Waals surface area (Å²) in [5.41, 5.74) is 5.45. The number of rotatable bonds is 2. The van der Waals surface area contributed by atoms with Gasteiger partial charge in [-0.05, 0) is 12.1 Å². The maximum absolute atomic E-state index is 13.4. The summed E-state index contributed by atoms with van der Waals surface area (Å²) in [6.45, 7) is 0. The number of hydrogen-bond donors (Lipinski definition) is 1. The van der Waals surface area contributed by atoms with E-state index in [9.17, 15) is 12.8 Å². The van der Waals surface area contributed by atoms with E-state index in [0.29, 0.717) is 0 Å². The normalized spacial score (nSPS) is 11.4. The van der Waals surface area contributed by atoms with E-state index in [0.717, 1.165) is 12.3 Å². The Labute approximate surface area is 81.4 Å². The van der Waals surface area contributed by atoms with Crippen LogP contribution in [0.4, 0.5) is 10.1 Å². The number of hydrogen-bond acceptors (Lipinski definition) is 4. The second-order valence-corrected chi connectivity index (χ2v) is 4.76. The highest BCUT2D eigenvalue weighted by Crippen LogP contribution is 2.29. The Bertz CT molecular complexity index is 456. The van der Waals surface area contributed by atoms with Gasteiger partial charge in [-0.1, -0.05) is 0 Å². The Kier molecular flexibility index (Phi) is 2.66. The van der Waals surface area contributed by atoms with E-state index in [-0.39, 0.29) is 11.4 Å². The zero-order valence-electron chi connectivity index (χ0n) is 7.74. The number of sulfone groups is 1. The SMILES string of the molecule is COc1c(N)ccc(S(C)(=O)=O)c1F. The summed E-state index contributed by atoms with van der Waals surface area (Å²) in [5.74, 6) is -1.19. The van der Waals surface area contributed by atoms with Crippen molar-refractivity contribution in [1.29, 1.82) is 0 Å². The van der Waals surface area contributed by atoms with Crippen LogP contribution in [0.2, 0.25) is 0 Å². The molecule has 6 heteroatoms. The van der Waals surface area contributed by atoms with E-state index in [4.69, 9.17) is 5.73 Å². The van der Waals surface area contributed by atoms with Crippen molar-refractivity contribution in [1.82, 2.24) is 0 Å². The molecule has 14 heavy (non-hydrogen) atoms. The standard InChI is InChI=1S/C8H10FNO3S/c1-13-8-5(10)3-4-6(7(8)9)14(2,11)12/h3-4H,10H2,1-2H3. The minimum Gasteiger partial charge on any atom is -0.492 e. The fourth-order valence-corrected chi connectivity index (χ4v) is 1.78. The van der Waals surface area contributed by atoms with Crippen LogP contribution in [0.15, 0.2) is 17.0 Å². The molecule has 0 aromatic heterocycles. The zero-order chi connectivity index (χ0) is 10.9. The van der Waals surface area contributed by atoms with Crippen molar-refractivity contribution in [2.45, 2.75) is 4.90 Å². The Morgan fingerprint density at radius 3 is 2.43 bits per heavy atom. The second kappa shape index (κ2) is 3.45. The van der Waals surface area contributed by atoms with Crippen LogP contribution in [0.5, 0.6) is 5.75 Å². The van der Waals surface area contributed by atoms with Gasteiger partial charge in [0.05, 0.1) is 12.8 Å². The topological polar surface area (TPSA) is 69.4 Å². The van der Waals surface area contributed by atoms with Crippen molar-refractivity contribution in [3.8, 4) is 5.75 Å². The molecule has 0 atom stereocenters. The molecule has 1 rings (SSSR count). The molecule has 0 aliphatic heterocycles. The van der Waals surface area contributed by atoms with Gasteiger partial charge in [0.15, 0.2) is 21.4 Å². The van der Waals surface area contributed by atoms with E-state index >= 15 is 0 Å². The maximum atomic E-state index is 13.4. The molecule has 0 fully saturated rings.